The topological polar surface area (TPSA) is 58.2 Å². The summed E-state index contributed by atoms with van der Waals surface area (Å²) in [5.41, 5.74) is 2.05. The van der Waals surface area contributed by atoms with Gasteiger partial charge in [-0.25, -0.2) is 0 Å². The van der Waals surface area contributed by atoms with Crippen molar-refractivity contribution in [2.45, 2.75) is 6.42 Å². The molecule has 0 aliphatic carbocycles. The van der Waals surface area contributed by atoms with E-state index in [1.807, 2.05) is 4.84 Å². The van der Waals surface area contributed by atoms with Crippen molar-refractivity contribution >= 4 is 29.3 Å². The number of rotatable bonds is 1. The van der Waals surface area contributed by atoms with Crippen molar-refractivity contribution in [1.29, 1.82) is 0 Å². The third-order valence-electron chi connectivity index (χ3n) is 2.08. The minimum absolute atomic E-state index is 0.0524. The Bertz CT molecular complexity index is 417. The molecule has 0 saturated heterocycles. The normalized spacial score (nSPS) is 13.4. The van der Waals surface area contributed by atoms with Gasteiger partial charge in [0.1, 0.15) is 0 Å². The van der Waals surface area contributed by atoms with Crippen molar-refractivity contribution in [1.82, 2.24) is 4.84 Å². The Hall–Kier alpha value is -1.55. The lowest BCUT2D eigenvalue weighted by molar-refractivity contribution is -0.115. The Morgan fingerprint density at radius 1 is 1.50 bits per heavy atom. The smallest absolute Gasteiger partial charge is 0.265 e. The molecular weight excluding hydrogens is 204 g/mol. The summed E-state index contributed by atoms with van der Waals surface area (Å²) < 4.78 is 0. The summed E-state index contributed by atoms with van der Waals surface area (Å²) in [5, 5.41) is 2.68. The van der Waals surface area contributed by atoms with Crippen LogP contribution in [0, 0.1) is 0 Å². The summed E-state index contributed by atoms with van der Waals surface area (Å²) in [6.45, 7) is 0. The van der Waals surface area contributed by atoms with Crippen LogP contribution < -0.4 is 10.2 Å². The number of fused-ring (bicyclic) bond motifs is 1. The Morgan fingerprint density at radius 3 is 3.00 bits per heavy atom. The van der Waals surface area contributed by atoms with Crippen LogP contribution in [0.1, 0.15) is 15.9 Å². The van der Waals surface area contributed by atoms with Gasteiger partial charge in [-0.05, 0) is 23.8 Å². The van der Waals surface area contributed by atoms with E-state index in [0.29, 0.717) is 12.0 Å². The number of carbonyl (C=O) groups excluding carboxylic acids is 2. The molecule has 0 atom stereocenters. The van der Waals surface area contributed by atoms with E-state index in [0.717, 1.165) is 11.3 Å². The SMILES string of the molecule is O=C1Cc2cc(C(=O)NCl)ccc2N1. The van der Waals surface area contributed by atoms with Crippen LogP contribution in [0.5, 0.6) is 0 Å². The van der Waals surface area contributed by atoms with Gasteiger partial charge in [-0.1, -0.05) is 0 Å². The lowest BCUT2D eigenvalue weighted by Gasteiger charge is -2.01. The number of anilines is 1. The number of carbonyl (C=O) groups is 2. The first-order valence-corrected chi connectivity index (χ1v) is 4.42. The molecule has 0 fully saturated rings. The maximum atomic E-state index is 11.1. The van der Waals surface area contributed by atoms with E-state index >= 15 is 0 Å². The molecule has 1 aliphatic rings. The second-order valence-electron chi connectivity index (χ2n) is 3.02. The highest BCUT2D eigenvalue weighted by Crippen LogP contribution is 2.23. The van der Waals surface area contributed by atoms with Crippen molar-refractivity contribution in [3.63, 3.8) is 0 Å². The zero-order valence-corrected chi connectivity index (χ0v) is 7.89. The fourth-order valence-corrected chi connectivity index (χ4v) is 1.53. The van der Waals surface area contributed by atoms with Gasteiger partial charge in [-0.15, -0.1) is 0 Å². The van der Waals surface area contributed by atoms with Crippen LogP contribution in [0.15, 0.2) is 18.2 Å². The number of benzene rings is 1. The Kier molecular flexibility index (Phi) is 2.13. The minimum Gasteiger partial charge on any atom is -0.326 e. The van der Waals surface area contributed by atoms with E-state index in [2.05, 4.69) is 5.32 Å². The molecule has 1 aromatic rings. The van der Waals surface area contributed by atoms with Crippen LogP contribution in [0.3, 0.4) is 0 Å². The molecule has 2 amide bonds. The monoisotopic (exact) mass is 210 g/mol. The summed E-state index contributed by atoms with van der Waals surface area (Å²) in [7, 11) is 0. The highest BCUT2D eigenvalue weighted by atomic mass is 35.5. The molecule has 14 heavy (non-hydrogen) atoms. The molecule has 0 saturated carbocycles. The number of halogens is 1. The average molecular weight is 211 g/mol. The zero-order valence-electron chi connectivity index (χ0n) is 7.13. The van der Waals surface area contributed by atoms with Gasteiger partial charge < -0.3 is 5.32 Å². The maximum absolute atomic E-state index is 11.1. The van der Waals surface area contributed by atoms with Crippen molar-refractivity contribution in [2.75, 3.05) is 5.32 Å². The first-order valence-electron chi connectivity index (χ1n) is 4.04. The fourth-order valence-electron chi connectivity index (χ4n) is 1.43. The van der Waals surface area contributed by atoms with Gasteiger partial charge in [0, 0.05) is 23.0 Å². The molecule has 1 aliphatic heterocycles. The van der Waals surface area contributed by atoms with Crippen LogP contribution in [-0.2, 0) is 11.2 Å². The van der Waals surface area contributed by atoms with Crippen LogP contribution in [0.4, 0.5) is 5.69 Å². The number of hydrogen-bond acceptors (Lipinski definition) is 2. The summed E-state index contributed by atoms with van der Waals surface area (Å²) in [5.74, 6) is -0.419. The van der Waals surface area contributed by atoms with E-state index in [1.165, 1.54) is 0 Å². The maximum Gasteiger partial charge on any atom is 0.265 e. The largest absolute Gasteiger partial charge is 0.326 e. The lowest BCUT2D eigenvalue weighted by Crippen LogP contribution is -2.12. The van der Waals surface area contributed by atoms with Gasteiger partial charge in [-0.2, -0.15) is 0 Å². The van der Waals surface area contributed by atoms with E-state index < -0.39 is 0 Å². The minimum atomic E-state index is -0.367. The predicted molar refractivity (Wildman–Crippen MR) is 52.1 cm³/mol. The third-order valence-corrected chi connectivity index (χ3v) is 2.25. The van der Waals surface area contributed by atoms with Crippen LogP contribution >= 0.6 is 11.8 Å². The molecule has 2 rings (SSSR count). The molecule has 0 unspecified atom stereocenters. The van der Waals surface area contributed by atoms with E-state index in [4.69, 9.17) is 11.8 Å². The van der Waals surface area contributed by atoms with E-state index in [9.17, 15) is 9.59 Å². The molecule has 1 aromatic carbocycles. The van der Waals surface area contributed by atoms with Gasteiger partial charge in [0.25, 0.3) is 5.91 Å². The molecule has 4 nitrogen and oxygen atoms in total. The molecule has 1 heterocycles. The van der Waals surface area contributed by atoms with Crippen LogP contribution in [-0.4, -0.2) is 11.8 Å². The van der Waals surface area contributed by atoms with Gasteiger partial charge in [-0.3, -0.25) is 14.4 Å². The third kappa shape index (κ3) is 1.44. The second kappa shape index (κ2) is 3.31. The Morgan fingerprint density at radius 2 is 2.29 bits per heavy atom. The Balaban J connectivity index is 2.37. The van der Waals surface area contributed by atoms with E-state index in [1.54, 1.807) is 18.2 Å². The van der Waals surface area contributed by atoms with Crippen molar-refractivity contribution in [3.8, 4) is 0 Å². The summed E-state index contributed by atoms with van der Waals surface area (Å²) in [6.07, 6.45) is 0.318. The summed E-state index contributed by atoms with van der Waals surface area (Å²) in [4.78, 5) is 24.2. The van der Waals surface area contributed by atoms with Crippen molar-refractivity contribution < 1.29 is 9.59 Å². The van der Waals surface area contributed by atoms with Gasteiger partial charge in [0.15, 0.2) is 0 Å². The average Bonchev–Trinajstić information content (AvgIpc) is 2.55. The molecule has 0 spiro atoms. The lowest BCUT2D eigenvalue weighted by atomic mass is 10.1. The van der Waals surface area contributed by atoms with Gasteiger partial charge in [0.2, 0.25) is 5.91 Å². The summed E-state index contributed by atoms with van der Waals surface area (Å²) in [6, 6.07) is 4.97. The fraction of sp³-hybridized carbons (Fsp3) is 0.111. The molecule has 2 N–H and O–H groups in total. The molecule has 5 heteroatoms. The predicted octanol–water partition coefficient (Wildman–Crippen LogP) is 1.06. The number of amides is 2. The molecule has 0 radical (unpaired) electrons. The zero-order chi connectivity index (χ0) is 10.1. The molecule has 0 bridgehead atoms. The standard InChI is InChI=1S/C9H7ClN2O2/c10-12-9(14)5-1-2-7-6(3-5)4-8(13)11-7/h1-3H,4H2,(H,11,13)(H,12,14). The highest BCUT2D eigenvalue weighted by molar-refractivity contribution is 6.24. The van der Waals surface area contributed by atoms with Crippen molar-refractivity contribution in [3.05, 3.63) is 29.3 Å². The van der Waals surface area contributed by atoms with Gasteiger partial charge in [0.05, 0.1) is 6.42 Å². The second-order valence-corrected chi connectivity index (χ2v) is 3.21. The van der Waals surface area contributed by atoms with Crippen molar-refractivity contribution in [2.24, 2.45) is 0 Å². The van der Waals surface area contributed by atoms with Crippen LogP contribution in [0.25, 0.3) is 0 Å². The van der Waals surface area contributed by atoms with Crippen LogP contribution in [0.2, 0.25) is 0 Å². The molecule has 0 aromatic heterocycles. The first-order chi connectivity index (χ1) is 6.70. The first kappa shape index (κ1) is 9.02. The molecular formula is C9H7ClN2O2. The highest BCUT2D eigenvalue weighted by Gasteiger charge is 2.18. The quantitative estimate of drug-likeness (QED) is 0.681. The molecule has 72 valence electrons. The number of hydrogen-bond donors (Lipinski definition) is 2. The summed E-state index contributed by atoms with van der Waals surface area (Å²) >= 11 is 5.18. The van der Waals surface area contributed by atoms with E-state index in [-0.39, 0.29) is 11.8 Å². The number of nitrogens with one attached hydrogen (secondary N) is 2. The van der Waals surface area contributed by atoms with Gasteiger partial charge >= 0.3 is 0 Å². The Labute approximate surface area is 85.4 Å².